The number of rotatable bonds is 2. The summed E-state index contributed by atoms with van der Waals surface area (Å²) in [7, 11) is 0. The topological polar surface area (TPSA) is 20.2 Å². The SMILES string of the molecule is OC(c1ccc(F)cc1F)C1CCCC(C(F)(F)F)C1. The van der Waals surface area contributed by atoms with Gasteiger partial charge in [-0.2, -0.15) is 13.2 Å². The summed E-state index contributed by atoms with van der Waals surface area (Å²) in [6.07, 6.45) is -5.06. The Labute approximate surface area is 113 Å². The summed E-state index contributed by atoms with van der Waals surface area (Å²) in [5.74, 6) is -3.82. The Kier molecular flexibility index (Phi) is 4.32. The molecule has 112 valence electrons. The van der Waals surface area contributed by atoms with Gasteiger partial charge < -0.3 is 5.11 Å². The third-order valence-corrected chi connectivity index (χ3v) is 3.91. The highest BCUT2D eigenvalue weighted by atomic mass is 19.4. The van der Waals surface area contributed by atoms with Crippen LogP contribution in [0.1, 0.15) is 37.4 Å². The van der Waals surface area contributed by atoms with Crippen LogP contribution in [0.15, 0.2) is 18.2 Å². The van der Waals surface area contributed by atoms with Gasteiger partial charge in [0.25, 0.3) is 0 Å². The molecule has 0 amide bonds. The van der Waals surface area contributed by atoms with Gasteiger partial charge in [0.1, 0.15) is 11.6 Å². The van der Waals surface area contributed by atoms with Crippen LogP contribution in [0.4, 0.5) is 22.0 Å². The van der Waals surface area contributed by atoms with Crippen LogP contribution in [0.25, 0.3) is 0 Å². The van der Waals surface area contributed by atoms with Gasteiger partial charge in [0.15, 0.2) is 0 Å². The van der Waals surface area contributed by atoms with Gasteiger partial charge in [-0.25, -0.2) is 8.78 Å². The highest BCUT2D eigenvalue weighted by Crippen LogP contribution is 2.44. The maximum absolute atomic E-state index is 13.6. The van der Waals surface area contributed by atoms with Crippen molar-refractivity contribution in [3.63, 3.8) is 0 Å². The lowest BCUT2D eigenvalue weighted by Crippen LogP contribution is -2.31. The maximum atomic E-state index is 13.6. The van der Waals surface area contributed by atoms with Gasteiger partial charge in [0.05, 0.1) is 12.0 Å². The highest BCUT2D eigenvalue weighted by Gasteiger charge is 2.43. The van der Waals surface area contributed by atoms with E-state index in [-0.39, 0.29) is 18.4 Å². The van der Waals surface area contributed by atoms with Crippen LogP contribution in [-0.4, -0.2) is 11.3 Å². The third kappa shape index (κ3) is 3.29. The third-order valence-electron chi connectivity index (χ3n) is 3.91. The summed E-state index contributed by atoms with van der Waals surface area (Å²) in [6, 6.07) is 2.71. The molecule has 0 aromatic heterocycles. The molecule has 3 atom stereocenters. The van der Waals surface area contributed by atoms with E-state index in [0.717, 1.165) is 12.1 Å². The van der Waals surface area contributed by atoms with E-state index in [1.807, 2.05) is 0 Å². The molecule has 0 radical (unpaired) electrons. The van der Waals surface area contributed by atoms with Gasteiger partial charge in [0, 0.05) is 11.6 Å². The highest BCUT2D eigenvalue weighted by molar-refractivity contribution is 5.21. The standard InChI is InChI=1S/C14H15F5O/c15-10-4-5-11(12(16)7-10)13(20)8-2-1-3-9(6-8)14(17,18)19/h4-5,7-9,13,20H,1-3,6H2. The molecule has 2 rings (SSSR count). The van der Waals surface area contributed by atoms with Crippen LogP contribution in [-0.2, 0) is 0 Å². The van der Waals surface area contributed by atoms with E-state index in [4.69, 9.17) is 0 Å². The lowest BCUT2D eigenvalue weighted by atomic mass is 9.77. The van der Waals surface area contributed by atoms with Crippen molar-refractivity contribution in [2.24, 2.45) is 11.8 Å². The molecule has 1 fully saturated rings. The van der Waals surface area contributed by atoms with Gasteiger partial charge in [-0.1, -0.05) is 12.5 Å². The van der Waals surface area contributed by atoms with Crippen molar-refractivity contribution in [1.82, 2.24) is 0 Å². The van der Waals surface area contributed by atoms with Crippen LogP contribution < -0.4 is 0 Å². The van der Waals surface area contributed by atoms with Gasteiger partial charge in [-0.15, -0.1) is 0 Å². The molecule has 1 aromatic rings. The van der Waals surface area contributed by atoms with E-state index in [1.54, 1.807) is 0 Å². The Hall–Kier alpha value is -1.17. The fourth-order valence-electron chi connectivity index (χ4n) is 2.81. The second-order valence-electron chi connectivity index (χ2n) is 5.28. The Morgan fingerprint density at radius 2 is 1.85 bits per heavy atom. The number of alkyl halides is 3. The van der Waals surface area contributed by atoms with Crippen molar-refractivity contribution >= 4 is 0 Å². The van der Waals surface area contributed by atoms with Crippen LogP contribution in [0.5, 0.6) is 0 Å². The second kappa shape index (κ2) is 5.68. The van der Waals surface area contributed by atoms with Crippen molar-refractivity contribution in [3.05, 3.63) is 35.4 Å². The lowest BCUT2D eigenvalue weighted by molar-refractivity contribution is -0.189. The molecule has 0 saturated heterocycles. The largest absolute Gasteiger partial charge is 0.391 e. The zero-order valence-corrected chi connectivity index (χ0v) is 10.6. The first-order valence-electron chi connectivity index (χ1n) is 6.48. The number of benzene rings is 1. The van der Waals surface area contributed by atoms with Crippen molar-refractivity contribution in [2.45, 2.75) is 38.0 Å². The van der Waals surface area contributed by atoms with E-state index >= 15 is 0 Å². The average Bonchev–Trinajstić information content (AvgIpc) is 2.37. The van der Waals surface area contributed by atoms with Crippen molar-refractivity contribution in [1.29, 1.82) is 0 Å². The van der Waals surface area contributed by atoms with E-state index < -0.39 is 35.8 Å². The van der Waals surface area contributed by atoms with Crippen LogP contribution in [0.2, 0.25) is 0 Å². The summed E-state index contributed by atoms with van der Waals surface area (Å²) in [5.41, 5.74) is -0.140. The molecule has 1 nitrogen and oxygen atoms in total. The molecule has 0 heterocycles. The fraction of sp³-hybridized carbons (Fsp3) is 0.571. The number of hydrogen-bond donors (Lipinski definition) is 1. The predicted molar refractivity (Wildman–Crippen MR) is 62.8 cm³/mol. The van der Waals surface area contributed by atoms with Crippen LogP contribution in [0.3, 0.4) is 0 Å². The van der Waals surface area contributed by atoms with Crippen LogP contribution in [0, 0.1) is 23.5 Å². The van der Waals surface area contributed by atoms with Gasteiger partial charge in [-0.05, 0) is 31.2 Å². The van der Waals surface area contributed by atoms with E-state index in [2.05, 4.69) is 0 Å². The fourth-order valence-corrected chi connectivity index (χ4v) is 2.81. The van der Waals surface area contributed by atoms with E-state index in [9.17, 15) is 27.1 Å². The molecule has 3 unspecified atom stereocenters. The molecule has 1 aromatic carbocycles. The molecule has 20 heavy (non-hydrogen) atoms. The first-order chi connectivity index (χ1) is 9.29. The molecule has 1 aliphatic rings. The minimum absolute atomic E-state index is 0.0403. The Morgan fingerprint density at radius 1 is 1.15 bits per heavy atom. The summed E-state index contributed by atoms with van der Waals surface area (Å²) >= 11 is 0. The van der Waals surface area contributed by atoms with Crippen LogP contribution >= 0.6 is 0 Å². The molecular weight excluding hydrogens is 279 g/mol. The minimum Gasteiger partial charge on any atom is -0.388 e. The quantitative estimate of drug-likeness (QED) is 0.803. The van der Waals surface area contributed by atoms with Crippen molar-refractivity contribution < 1.29 is 27.1 Å². The molecular formula is C14H15F5O. The average molecular weight is 294 g/mol. The molecule has 0 bridgehead atoms. The van der Waals surface area contributed by atoms with Gasteiger partial charge in [0.2, 0.25) is 0 Å². The van der Waals surface area contributed by atoms with E-state index in [0.29, 0.717) is 18.9 Å². The molecule has 1 N–H and O–H groups in total. The van der Waals surface area contributed by atoms with Crippen molar-refractivity contribution in [2.75, 3.05) is 0 Å². The minimum atomic E-state index is -4.29. The van der Waals surface area contributed by atoms with Gasteiger partial charge >= 0.3 is 6.18 Å². The summed E-state index contributed by atoms with van der Waals surface area (Å²) in [6.45, 7) is 0. The molecule has 6 heteroatoms. The second-order valence-corrected chi connectivity index (χ2v) is 5.28. The number of aliphatic hydroxyl groups is 1. The van der Waals surface area contributed by atoms with Crippen molar-refractivity contribution in [3.8, 4) is 0 Å². The molecule has 1 saturated carbocycles. The molecule has 1 aliphatic carbocycles. The smallest absolute Gasteiger partial charge is 0.388 e. The summed E-state index contributed by atoms with van der Waals surface area (Å²) < 4.78 is 64.5. The summed E-state index contributed by atoms with van der Waals surface area (Å²) in [4.78, 5) is 0. The molecule has 0 aliphatic heterocycles. The van der Waals surface area contributed by atoms with Gasteiger partial charge in [-0.3, -0.25) is 0 Å². The number of hydrogen-bond acceptors (Lipinski definition) is 1. The predicted octanol–water partition coefficient (Wildman–Crippen LogP) is 4.37. The Morgan fingerprint density at radius 3 is 2.45 bits per heavy atom. The first-order valence-corrected chi connectivity index (χ1v) is 6.48. The first kappa shape index (κ1) is 15.2. The van der Waals surface area contributed by atoms with E-state index in [1.165, 1.54) is 0 Å². The number of halogens is 5. The maximum Gasteiger partial charge on any atom is 0.391 e. The Bertz CT molecular complexity index is 471. The normalized spacial score (nSPS) is 25.5. The zero-order valence-electron chi connectivity index (χ0n) is 10.6. The molecule has 0 spiro atoms. The number of aliphatic hydroxyl groups excluding tert-OH is 1. The zero-order chi connectivity index (χ0) is 14.9. The monoisotopic (exact) mass is 294 g/mol. The lowest BCUT2D eigenvalue weighted by Gasteiger charge is -2.33. The summed E-state index contributed by atoms with van der Waals surface area (Å²) in [5, 5.41) is 10.1. The Balaban J connectivity index is 2.14.